The van der Waals surface area contributed by atoms with Gasteiger partial charge in [0.1, 0.15) is 0 Å². The molecular weight excluding hydrogens is 274 g/mol. The van der Waals surface area contributed by atoms with Gasteiger partial charge in [-0.2, -0.15) is 0 Å². The van der Waals surface area contributed by atoms with E-state index in [0.29, 0.717) is 12.1 Å². The minimum atomic E-state index is -0.00166. The van der Waals surface area contributed by atoms with E-state index in [0.717, 1.165) is 18.7 Å². The molecule has 2 rings (SSSR count). The summed E-state index contributed by atoms with van der Waals surface area (Å²) in [6, 6.07) is 19.2. The average molecular weight is 298 g/mol. The van der Waals surface area contributed by atoms with E-state index in [2.05, 4.69) is 19.5 Å². The summed E-state index contributed by atoms with van der Waals surface area (Å²) in [7, 11) is 4.24. The van der Waals surface area contributed by atoms with Gasteiger partial charge < -0.3 is 4.90 Å². The van der Waals surface area contributed by atoms with Crippen molar-refractivity contribution in [3.63, 3.8) is 0 Å². The lowest BCUT2D eigenvalue weighted by Gasteiger charge is -2.25. The van der Waals surface area contributed by atoms with Gasteiger partial charge in [-0.1, -0.05) is 36.4 Å². The van der Waals surface area contributed by atoms with Gasteiger partial charge in [0.15, 0.2) is 0 Å². The number of hydrogen-bond donors (Lipinski definition) is 2. The van der Waals surface area contributed by atoms with Gasteiger partial charge in [0.25, 0.3) is 5.91 Å². The van der Waals surface area contributed by atoms with E-state index in [9.17, 15) is 4.79 Å². The topological polar surface area (TPSA) is 36.8 Å². The lowest BCUT2D eigenvalue weighted by molar-refractivity contribution is -0.858. The van der Waals surface area contributed by atoms with Crippen LogP contribution in [0, 0.1) is 0 Å². The number of amides is 1. The SMILES string of the molecule is C[NH+](C)CCCN(Nc1ccccc1)C(=O)c1ccccc1. The van der Waals surface area contributed by atoms with Crippen molar-refractivity contribution in [1.29, 1.82) is 0 Å². The van der Waals surface area contributed by atoms with Gasteiger partial charge in [0.05, 0.1) is 26.3 Å². The summed E-state index contributed by atoms with van der Waals surface area (Å²) in [4.78, 5) is 14.1. The largest absolute Gasteiger partial charge is 0.340 e. The summed E-state index contributed by atoms with van der Waals surface area (Å²) >= 11 is 0. The van der Waals surface area contributed by atoms with Crippen molar-refractivity contribution in [2.75, 3.05) is 32.6 Å². The Balaban J connectivity index is 2.08. The van der Waals surface area contributed by atoms with Crippen LogP contribution in [0.1, 0.15) is 16.8 Å². The molecule has 22 heavy (non-hydrogen) atoms. The molecule has 4 nitrogen and oxygen atoms in total. The molecule has 0 atom stereocenters. The third-order valence-corrected chi connectivity index (χ3v) is 3.36. The monoisotopic (exact) mass is 298 g/mol. The molecule has 0 aliphatic rings. The molecule has 4 heteroatoms. The van der Waals surface area contributed by atoms with Crippen molar-refractivity contribution in [1.82, 2.24) is 5.01 Å². The highest BCUT2D eigenvalue weighted by atomic mass is 16.2. The van der Waals surface area contributed by atoms with Crippen molar-refractivity contribution in [3.05, 3.63) is 66.2 Å². The average Bonchev–Trinajstić information content (AvgIpc) is 2.55. The predicted octanol–water partition coefficient (Wildman–Crippen LogP) is 1.69. The number of quaternary nitrogens is 1. The maximum atomic E-state index is 12.7. The van der Waals surface area contributed by atoms with Crippen LogP contribution in [0.15, 0.2) is 60.7 Å². The van der Waals surface area contributed by atoms with Gasteiger partial charge in [-0.15, -0.1) is 0 Å². The number of nitrogens with one attached hydrogen (secondary N) is 2. The third-order valence-electron chi connectivity index (χ3n) is 3.36. The molecule has 2 aromatic carbocycles. The van der Waals surface area contributed by atoms with Crippen molar-refractivity contribution < 1.29 is 9.69 Å². The molecule has 0 unspecified atom stereocenters. The highest BCUT2D eigenvalue weighted by molar-refractivity contribution is 5.94. The van der Waals surface area contributed by atoms with Gasteiger partial charge in [0, 0.05) is 18.5 Å². The fourth-order valence-electron chi connectivity index (χ4n) is 2.20. The Morgan fingerprint density at radius 1 is 1.00 bits per heavy atom. The summed E-state index contributed by atoms with van der Waals surface area (Å²) < 4.78 is 0. The second-order valence-corrected chi connectivity index (χ2v) is 5.61. The van der Waals surface area contributed by atoms with E-state index in [4.69, 9.17) is 0 Å². The van der Waals surface area contributed by atoms with Gasteiger partial charge in [-0.3, -0.25) is 15.2 Å². The quantitative estimate of drug-likeness (QED) is 0.763. The van der Waals surface area contributed by atoms with Gasteiger partial charge in [0.2, 0.25) is 0 Å². The van der Waals surface area contributed by atoms with E-state index >= 15 is 0 Å². The molecule has 2 N–H and O–H groups in total. The number of carbonyl (C=O) groups excluding carboxylic acids is 1. The van der Waals surface area contributed by atoms with Crippen LogP contribution in [0.2, 0.25) is 0 Å². The first-order chi connectivity index (χ1) is 10.7. The smallest absolute Gasteiger partial charge is 0.272 e. The molecule has 0 saturated carbocycles. The first kappa shape index (κ1) is 16.0. The normalized spacial score (nSPS) is 10.5. The lowest BCUT2D eigenvalue weighted by Crippen LogP contribution is -3.05. The summed E-state index contributed by atoms with van der Waals surface area (Å²) in [5.41, 5.74) is 4.84. The first-order valence-corrected chi connectivity index (χ1v) is 7.64. The summed E-state index contributed by atoms with van der Waals surface area (Å²) in [6.07, 6.45) is 0.945. The van der Waals surface area contributed by atoms with Crippen LogP contribution < -0.4 is 10.3 Å². The van der Waals surface area contributed by atoms with Crippen LogP contribution in [-0.2, 0) is 0 Å². The summed E-state index contributed by atoms with van der Waals surface area (Å²) in [5, 5.41) is 1.70. The number of rotatable bonds is 7. The third kappa shape index (κ3) is 4.90. The fourth-order valence-corrected chi connectivity index (χ4v) is 2.20. The highest BCUT2D eigenvalue weighted by Gasteiger charge is 2.15. The van der Waals surface area contributed by atoms with E-state index in [1.165, 1.54) is 4.90 Å². The van der Waals surface area contributed by atoms with Crippen molar-refractivity contribution >= 4 is 11.6 Å². The van der Waals surface area contributed by atoms with Crippen molar-refractivity contribution in [3.8, 4) is 0 Å². The molecule has 0 aliphatic carbocycles. The van der Waals surface area contributed by atoms with Gasteiger partial charge in [-0.25, -0.2) is 0 Å². The standard InChI is InChI=1S/C18H23N3O/c1-20(2)14-9-15-21(19-17-12-7-4-8-13-17)18(22)16-10-5-3-6-11-16/h3-8,10-13,19H,9,14-15H2,1-2H3/p+1. The number of nitrogens with zero attached hydrogens (tertiary/aromatic N) is 1. The molecule has 0 aliphatic heterocycles. The van der Waals surface area contributed by atoms with Crippen LogP contribution >= 0.6 is 0 Å². The molecule has 1 amide bonds. The van der Waals surface area contributed by atoms with E-state index in [-0.39, 0.29) is 5.91 Å². The van der Waals surface area contributed by atoms with E-state index in [1.54, 1.807) is 5.01 Å². The molecule has 0 saturated heterocycles. The Hall–Kier alpha value is -2.33. The summed E-state index contributed by atoms with van der Waals surface area (Å²) in [6.45, 7) is 1.70. The Kier molecular flexibility index (Phi) is 5.98. The molecule has 116 valence electrons. The molecule has 2 aromatic rings. The van der Waals surface area contributed by atoms with Crippen LogP contribution in [0.5, 0.6) is 0 Å². The van der Waals surface area contributed by atoms with E-state index in [1.807, 2.05) is 60.7 Å². The summed E-state index contributed by atoms with van der Waals surface area (Å²) in [5.74, 6) is -0.00166. The van der Waals surface area contributed by atoms with Crippen molar-refractivity contribution in [2.24, 2.45) is 0 Å². The van der Waals surface area contributed by atoms with Gasteiger partial charge >= 0.3 is 0 Å². The molecule has 0 radical (unpaired) electrons. The number of carbonyl (C=O) groups is 1. The number of anilines is 1. The van der Waals surface area contributed by atoms with Crippen LogP contribution in [0.3, 0.4) is 0 Å². The Bertz CT molecular complexity index is 569. The van der Waals surface area contributed by atoms with Crippen molar-refractivity contribution in [2.45, 2.75) is 6.42 Å². The first-order valence-electron chi connectivity index (χ1n) is 7.64. The van der Waals surface area contributed by atoms with Crippen LogP contribution in [0.4, 0.5) is 5.69 Å². The zero-order valence-electron chi connectivity index (χ0n) is 13.3. The number of para-hydroxylation sites is 1. The molecule has 0 spiro atoms. The van der Waals surface area contributed by atoms with Gasteiger partial charge in [-0.05, 0) is 24.3 Å². The number of hydrogen-bond acceptors (Lipinski definition) is 2. The zero-order valence-corrected chi connectivity index (χ0v) is 13.3. The van der Waals surface area contributed by atoms with E-state index < -0.39 is 0 Å². The van der Waals surface area contributed by atoms with Crippen LogP contribution in [-0.4, -0.2) is 38.1 Å². The highest BCUT2D eigenvalue weighted by Crippen LogP contribution is 2.10. The maximum absolute atomic E-state index is 12.7. The van der Waals surface area contributed by atoms with Crippen LogP contribution in [0.25, 0.3) is 0 Å². The zero-order chi connectivity index (χ0) is 15.8. The second-order valence-electron chi connectivity index (χ2n) is 5.61. The second kappa shape index (κ2) is 8.20. The Labute approximate surface area is 132 Å². The molecule has 0 aromatic heterocycles. The fraction of sp³-hybridized carbons (Fsp3) is 0.278. The molecule has 0 heterocycles. The minimum Gasteiger partial charge on any atom is -0.340 e. The molecule has 0 bridgehead atoms. The Morgan fingerprint density at radius 2 is 1.59 bits per heavy atom. The Morgan fingerprint density at radius 3 is 2.18 bits per heavy atom. The molecular formula is C18H24N3O+. The minimum absolute atomic E-state index is 0.00166. The maximum Gasteiger partial charge on any atom is 0.272 e. The lowest BCUT2D eigenvalue weighted by atomic mass is 10.2. The predicted molar refractivity (Wildman–Crippen MR) is 89.8 cm³/mol. The number of benzene rings is 2. The number of hydrazine groups is 1. The molecule has 0 fully saturated rings.